The summed E-state index contributed by atoms with van der Waals surface area (Å²) >= 11 is 0. The molecule has 1 aromatic carbocycles. The summed E-state index contributed by atoms with van der Waals surface area (Å²) in [5.41, 5.74) is 0.119. The first-order valence-electron chi connectivity index (χ1n) is 5.12. The van der Waals surface area contributed by atoms with Crippen LogP contribution in [0.4, 0.5) is 13.2 Å². The van der Waals surface area contributed by atoms with Crippen molar-refractivity contribution in [3.8, 4) is 5.75 Å². The number of benzene rings is 1. The lowest BCUT2D eigenvalue weighted by Gasteiger charge is -2.10. The average molecular weight is 248 g/mol. The van der Waals surface area contributed by atoms with E-state index in [9.17, 15) is 18.0 Å². The average Bonchev–Trinajstić information content (AvgIpc) is 2.29. The Kier molecular flexibility index (Phi) is 5.71. The number of methoxy groups -OCH3 is 1. The summed E-state index contributed by atoms with van der Waals surface area (Å²) in [5.74, 6) is -1.95. The van der Waals surface area contributed by atoms with E-state index in [1.54, 1.807) is 13.0 Å². The highest BCUT2D eigenvalue weighted by molar-refractivity contribution is 6.02. The fraction of sp³-hybridized carbons (Fsp3) is 0.417. The van der Waals surface area contributed by atoms with E-state index >= 15 is 0 Å². The zero-order chi connectivity index (χ0) is 13.6. The number of carbonyl (C=O) groups is 1. The standard InChI is InChI=1S/C10H9F3O2.C2H6/c1-6-3-4-8(15-2)7(5-6)9(14)10(11,12)13;1-2/h3-5H,1-2H3;1-2H3. The van der Waals surface area contributed by atoms with Crippen LogP contribution < -0.4 is 4.74 Å². The molecule has 0 saturated heterocycles. The van der Waals surface area contributed by atoms with Crippen LogP contribution in [0.15, 0.2) is 18.2 Å². The molecule has 96 valence electrons. The minimum absolute atomic E-state index is 0.0667. The van der Waals surface area contributed by atoms with Gasteiger partial charge in [0, 0.05) is 0 Å². The van der Waals surface area contributed by atoms with Gasteiger partial charge in [0.05, 0.1) is 12.7 Å². The minimum atomic E-state index is -4.87. The molecule has 0 heterocycles. The van der Waals surface area contributed by atoms with E-state index in [-0.39, 0.29) is 5.75 Å². The van der Waals surface area contributed by atoms with Crippen LogP contribution in [0.5, 0.6) is 5.75 Å². The fourth-order valence-electron chi connectivity index (χ4n) is 1.15. The Balaban J connectivity index is 0.00000121. The summed E-state index contributed by atoms with van der Waals surface area (Å²) in [7, 11) is 1.22. The smallest absolute Gasteiger partial charge is 0.455 e. The van der Waals surface area contributed by atoms with Crippen LogP contribution in [-0.2, 0) is 0 Å². The lowest BCUT2D eigenvalue weighted by Crippen LogP contribution is -2.23. The first-order valence-corrected chi connectivity index (χ1v) is 5.12. The van der Waals surface area contributed by atoms with Gasteiger partial charge in [-0.25, -0.2) is 0 Å². The second-order valence-corrected chi connectivity index (χ2v) is 3.03. The molecule has 0 atom stereocenters. The van der Waals surface area contributed by atoms with Crippen LogP contribution in [0.3, 0.4) is 0 Å². The SMILES string of the molecule is CC.COc1ccc(C)cc1C(=O)C(F)(F)F. The molecular weight excluding hydrogens is 233 g/mol. The number of hydrogen-bond donors (Lipinski definition) is 0. The molecule has 1 aromatic rings. The minimum Gasteiger partial charge on any atom is -0.496 e. The molecule has 0 fully saturated rings. The number of ketones is 1. The van der Waals surface area contributed by atoms with Gasteiger partial charge in [-0.05, 0) is 19.1 Å². The molecule has 0 spiro atoms. The molecule has 0 aliphatic heterocycles. The highest BCUT2D eigenvalue weighted by atomic mass is 19.4. The van der Waals surface area contributed by atoms with Crippen molar-refractivity contribution in [1.82, 2.24) is 0 Å². The number of ether oxygens (including phenoxy) is 1. The van der Waals surface area contributed by atoms with Crippen LogP contribution in [0.1, 0.15) is 29.8 Å². The quantitative estimate of drug-likeness (QED) is 0.744. The molecule has 17 heavy (non-hydrogen) atoms. The van der Waals surface area contributed by atoms with Gasteiger partial charge in [-0.15, -0.1) is 0 Å². The topological polar surface area (TPSA) is 26.3 Å². The molecule has 0 bridgehead atoms. The highest BCUT2D eigenvalue weighted by Crippen LogP contribution is 2.28. The molecule has 1 rings (SSSR count). The summed E-state index contributed by atoms with van der Waals surface area (Å²) in [5, 5.41) is 0. The summed E-state index contributed by atoms with van der Waals surface area (Å²) in [6, 6.07) is 4.08. The molecule has 0 N–H and O–H groups in total. The number of hydrogen-bond acceptors (Lipinski definition) is 2. The van der Waals surface area contributed by atoms with E-state index < -0.39 is 17.5 Å². The first kappa shape index (κ1) is 15.5. The maximum Gasteiger partial charge on any atom is 0.455 e. The van der Waals surface area contributed by atoms with E-state index in [1.165, 1.54) is 13.2 Å². The maximum atomic E-state index is 12.2. The van der Waals surface area contributed by atoms with Crippen molar-refractivity contribution in [2.24, 2.45) is 0 Å². The second-order valence-electron chi connectivity index (χ2n) is 3.03. The van der Waals surface area contributed by atoms with E-state index in [0.29, 0.717) is 5.56 Å². The monoisotopic (exact) mass is 248 g/mol. The van der Waals surface area contributed by atoms with Gasteiger partial charge in [0.2, 0.25) is 0 Å². The molecule has 2 nitrogen and oxygen atoms in total. The summed E-state index contributed by atoms with van der Waals surface area (Å²) in [6.45, 7) is 5.60. The molecule has 5 heteroatoms. The number of aryl methyl sites for hydroxylation is 1. The van der Waals surface area contributed by atoms with E-state index in [4.69, 9.17) is 4.74 Å². The lowest BCUT2D eigenvalue weighted by atomic mass is 10.1. The van der Waals surface area contributed by atoms with Gasteiger partial charge in [-0.1, -0.05) is 25.5 Å². The molecule has 0 radical (unpaired) electrons. The van der Waals surface area contributed by atoms with Crippen LogP contribution >= 0.6 is 0 Å². The summed E-state index contributed by atoms with van der Waals surface area (Å²) in [6.07, 6.45) is -4.87. The lowest BCUT2D eigenvalue weighted by molar-refractivity contribution is -0.0886. The Morgan fingerprint density at radius 2 is 1.76 bits per heavy atom. The Hall–Kier alpha value is -1.52. The van der Waals surface area contributed by atoms with Gasteiger partial charge in [-0.3, -0.25) is 4.79 Å². The third kappa shape index (κ3) is 4.09. The maximum absolute atomic E-state index is 12.2. The van der Waals surface area contributed by atoms with Gasteiger partial charge in [0.1, 0.15) is 5.75 Å². The Bertz CT molecular complexity index is 384. The zero-order valence-electron chi connectivity index (χ0n) is 10.2. The zero-order valence-corrected chi connectivity index (χ0v) is 10.2. The third-order valence-electron chi connectivity index (χ3n) is 1.86. The molecule has 0 unspecified atom stereocenters. The molecule has 0 aliphatic carbocycles. The van der Waals surface area contributed by atoms with Crippen LogP contribution in [-0.4, -0.2) is 19.1 Å². The molecule has 0 amide bonds. The summed E-state index contributed by atoms with van der Waals surface area (Å²) in [4.78, 5) is 11.0. The second kappa shape index (κ2) is 6.27. The largest absolute Gasteiger partial charge is 0.496 e. The van der Waals surface area contributed by atoms with Crippen molar-refractivity contribution in [2.45, 2.75) is 26.9 Å². The Labute approximate surface area is 98.4 Å². The highest BCUT2D eigenvalue weighted by Gasteiger charge is 2.40. The van der Waals surface area contributed by atoms with Crippen molar-refractivity contribution in [3.63, 3.8) is 0 Å². The molecule has 0 aromatic heterocycles. The van der Waals surface area contributed by atoms with Crippen LogP contribution in [0.2, 0.25) is 0 Å². The van der Waals surface area contributed by atoms with Gasteiger partial charge in [0.15, 0.2) is 0 Å². The summed E-state index contributed by atoms with van der Waals surface area (Å²) < 4.78 is 41.2. The number of alkyl halides is 3. The third-order valence-corrected chi connectivity index (χ3v) is 1.86. The van der Waals surface area contributed by atoms with Gasteiger partial charge >= 0.3 is 6.18 Å². The van der Waals surface area contributed by atoms with Crippen LogP contribution in [0.25, 0.3) is 0 Å². The van der Waals surface area contributed by atoms with Gasteiger partial charge in [0.25, 0.3) is 5.78 Å². The van der Waals surface area contributed by atoms with Gasteiger partial charge in [-0.2, -0.15) is 13.2 Å². The first-order chi connectivity index (χ1) is 7.86. The molecule has 0 saturated carbocycles. The van der Waals surface area contributed by atoms with Crippen molar-refractivity contribution < 1.29 is 22.7 Å². The Morgan fingerprint density at radius 1 is 1.24 bits per heavy atom. The number of carbonyl (C=O) groups excluding carboxylic acids is 1. The van der Waals surface area contributed by atoms with Crippen molar-refractivity contribution in [3.05, 3.63) is 29.3 Å². The number of halogens is 3. The number of rotatable bonds is 2. The van der Waals surface area contributed by atoms with Crippen molar-refractivity contribution >= 4 is 5.78 Å². The van der Waals surface area contributed by atoms with Crippen molar-refractivity contribution in [1.29, 1.82) is 0 Å². The fourth-order valence-corrected chi connectivity index (χ4v) is 1.15. The van der Waals surface area contributed by atoms with E-state index in [2.05, 4.69) is 0 Å². The van der Waals surface area contributed by atoms with Crippen LogP contribution in [0, 0.1) is 6.92 Å². The Morgan fingerprint density at radius 3 is 2.18 bits per heavy atom. The van der Waals surface area contributed by atoms with E-state index in [0.717, 1.165) is 6.07 Å². The normalized spacial score (nSPS) is 10.3. The van der Waals surface area contributed by atoms with Crippen molar-refractivity contribution in [2.75, 3.05) is 7.11 Å². The molecular formula is C12H15F3O2. The van der Waals surface area contributed by atoms with E-state index in [1.807, 2.05) is 13.8 Å². The van der Waals surface area contributed by atoms with Gasteiger partial charge < -0.3 is 4.74 Å². The predicted molar refractivity (Wildman–Crippen MR) is 59.5 cm³/mol. The number of Topliss-reactive ketones (excluding diaryl/α,β-unsaturated/α-hetero) is 1. The predicted octanol–water partition coefficient (Wildman–Crippen LogP) is 3.77. The molecule has 0 aliphatic rings.